The fourth-order valence-electron chi connectivity index (χ4n) is 9.33. The molecule has 0 saturated heterocycles. The molecule has 0 radical (unpaired) electrons. The predicted octanol–water partition coefficient (Wildman–Crippen LogP) is 13.1. The second kappa shape index (κ2) is 12.3. The Morgan fingerprint density at radius 3 is 2.22 bits per heavy atom. The Balaban J connectivity index is 1.15. The number of para-hydroxylation sites is 2. The summed E-state index contributed by atoms with van der Waals surface area (Å²) in [7, 11) is 0. The van der Waals surface area contributed by atoms with Crippen molar-refractivity contribution in [3.8, 4) is 21.6 Å². The maximum Gasteiger partial charge on any atom is 0.228 e. The second-order valence-electron chi connectivity index (χ2n) is 15.0. The Morgan fingerprint density at radius 2 is 1.31 bits per heavy atom. The normalized spacial score (nSPS) is 14.3. The van der Waals surface area contributed by atoms with Gasteiger partial charge in [0.1, 0.15) is 11.4 Å². The van der Waals surface area contributed by atoms with Crippen LogP contribution in [0.15, 0.2) is 185 Å². The second-order valence-corrected chi connectivity index (χ2v) is 17.2. The largest absolute Gasteiger partial charge is 0.438 e. The molecule has 0 spiro atoms. The van der Waals surface area contributed by atoms with Crippen LogP contribution in [0, 0.1) is 0 Å². The van der Waals surface area contributed by atoms with Crippen LogP contribution in [-0.4, -0.2) is 4.57 Å². The summed E-state index contributed by atoms with van der Waals surface area (Å²) < 4.78 is 11.7. The van der Waals surface area contributed by atoms with E-state index in [0.717, 1.165) is 32.4 Å². The maximum absolute atomic E-state index is 6.64. The van der Waals surface area contributed by atoms with Crippen molar-refractivity contribution >= 4 is 103 Å². The summed E-state index contributed by atoms with van der Waals surface area (Å²) in [6, 6.07) is 63.5. The summed E-state index contributed by atoms with van der Waals surface area (Å²) in [6.07, 6.45) is -0.344. The monoisotopic (exact) mass is 777 g/mol. The molecule has 1 aliphatic rings. The smallest absolute Gasteiger partial charge is 0.228 e. The molecule has 58 heavy (non-hydrogen) atoms. The molecule has 0 amide bonds. The standard InChI is InChI=1S/C52H31N3OS2/c1-2-14-31(15-3-1)42-27-28-44(57-42)50-53-51(47-37-19-7-10-23-41(37)56-52(47)54-50)55-40-22-9-6-18-36(40)45-35-26-25-32(34-21-12-16-30-13-4-5-17-33(30)34)29-39(35)46-38-20-8-11-24-43(38)58-49(46)48(45)55/h1-29,50,53H. The van der Waals surface area contributed by atoms with Crippen LogP contribution in [0.25, 0.3) is 102 Å². The fourth-order valence-corrected chi connectivity index (χ4v) is 11.6. The highest BCUT2D eigenvalue weighted by molar-refractivity contribution is 7.27. The van der Waals surface area contributed by atoms with Crippen molar-refractivity contribution in [3.63, 3.8) is 0 Å². The van der Waals surface area contributed by atoms with E-state index in [1.165, 1.54) is 79.6 Å². The molecule has 4 nitrogen and oxygen atoms in total. The van der Waals surface area contributed by atoms with E-state index in [9.17, 15) is 0 Å². The van der Waals surface area contributed by atoms with Gasteiger partial charge in [0.05, 0.1) is 21.0 Å². The Morgan fingerprint density at radius 1 is 0.552 bits per heavy atom. The first kappa shape index (κ1) is 32.1. The van der Waals surface area contributed by atoms with Gasteiger partial charge in [-0.05, 0) is 74.6 Å². The number of furan rings is 1. The minimum atomic E-state index is -0.344. The Bertz CT molecular complexity index is 3790. The third kappa shape index (κ3) is 4.58. The van der Waals surface area contributed by atoms with Gasteiger partial charge in [0.25, 0.3) is 0 Å². The van der Waals surface area contributed by atoms with E-state index in [2.05, 4.69) is 174 Å². The highest BCUT2D eigenvalue weighted by Crippen LogP contribution is 2.49. The van der Waals surface area contributed by atoms with Gasteiger partial charge >= 0.3 is 0 Å². The summed E-state index contributed by atoms with van der Waals surface area (Å²) in [5, 5.41) is 16.1. The van der Waals surface area contributed by atoms with E-state index in [-0.39, 0.29) is 6.17 Å². The number of thiophene rings is 2. The lowest BCUT2D eigenvalue weighted by atomic mass is 9.93. The molecule has 4 aromatic heterocycles. The number of benzene rings is 8. The van der Waals surface area contributed by atoms with Crippen LogP contribution < -0.4 is 16.1 Å². The molecular weight excluding hydrogens is 747 g/mol. The zero-order valence-electron chi connectivity index (χ0n) is 30.9. The van der Waals surface area contributed by atoms with E-state index < -0.39 is 0 Å². The van der Waals surface area contributed by atoms with Crippen molar-refractivity contribution in [2.24, 2.45) is 4.99 Å². The first-order chi connectivity index (χ1) is 28.8. The quantitative estimate of drug-likeness (QED) is 0.193. The topological polar surface area (TPSA) is 42.5 Å². The molecular formula is C52H31N3OS2. The van der Waals surface area contributed by atoms with Crippen LogP contribution in [0.5, 0.6) is 0 Å². The molecule has 0 fully saturated rings. The number of hydrogen-bond donors (Lipinski definition) is 1. The minimum absolute atomic E-state index is 0.344. The summed E-state index contributed by atoms with van der Waals surface area (Å²) in [4.78, 5) is 7.63. The van der Waals surface area contributed by atoms with Crippen molar-refractivity contribution in [1.82, 2.24) is 9.88 Å². The molecule has 5 heterocycles. The summed E-state index contributed by atoms with van der Waals surface area (Å²) >= 11 is 3.65. The number of nitrogens with one attached hydrogen (secondary N) is 1. The third-order valence-corrected chi connectivity index (χ3v) is 14.2. The highest BCUT2D eigenvalue weighted by Gasteiger charge is 2.28. The number of nitrogens with zero attached hydrogens (tertiary/aromatic N) is 2. The van der Waals surface area contributed by atoms with Crippen molar-refractivity contribution in [2.75, 3.05) is 0 Å². The van der Waals surface area contributed by atoms with Crippen LogP contribution in [0.4, 0.5) is 0 Å². The van der Waals surface area contributed by atoms with Crippen LogP contribution in [0.1, 0.15) is 11.0 Å². The van der Waals surface area contributed by atoms with Crippen molar-refractivity contribution in [2.45, 2.75) is 6.17 Å². The molecule has 1 N–H and O–H groups in total. The summed E-state index contributed by atoms with van der Waals surface area (Å²) in [6.45, 7) is 0. The molecule has 13 rings (SSSR count). The number of fused-ring (bicyclic) bond motifs is 14. The molecule has 12 aromatic rings. The van der Waals surface area contributed by atoms with Gasteiger partial charge in [0.2, 0.25) is 5.55 Å². The number of hydrogen-bond acceptors (Lipinski definition) is 5. The van der Waals surface area contributed by atoms with Gasteiger partial charge in [-0.2, -0.15) is 0 Å². The van der Waals surface area contributed by atoms with Crippen LogP contribution in [0.3, 0.4) is 0 Å². The lowest BCUT2D eigenvalue weighted by Gasteiger charge is -2.22. The zero-order chi connectivity index (χ0) is 37.9. The number of rotatable bonds is 4. The lowest BCUT2D eigenvalue weighted by molar-refractivity contribution is 0.500. The lowest BCUT2D eigenvalue weighted by Crippen LogP contribution is -2.40. The summed E-state index contributed by atoms with van der Waals surface area (Å²) in [5.74, 6) is 0.978. The van der Waals surface area contributed by atoms with E-state index in [1.54, 1.807) is 11.3 Å². The molecule has 1 aliphatic heterocycles. The molecule has 8 aromatic carbocycles. The minimum Gasteiger partial charge on any atom is -0.438 e. The Kier molecular flexibility index (Phi) is 6.79. The molecule has 272 valence electrons. The average Bonchev–Trinajstić information content (AvgIpc) is 4.08. The Hall–Kier alpha value is -6.99. The van der Waals surface area contributed by atoms with Gasteiger partial charge in [0.15, 0.2) is 6.17 Å². The average molecular weight is 778 g/mol. The maximum atomic E-state index is 6.64. The van der Waals surface area contributed by atoms with Gasteiger partial charge in [0, 0.05) is 41.4 Å². The van der Waals surface area contributed by atoms with E-state index in [1.807, 2.05) is 23.5 Å². The predicted molar refractivity (Wildman–Crippen MR) is 244 cm³/mol. The van der Waals surface area contributed by atoms with Crippen LogP contribution in [-0.2, 0) is 0 Å². The molecule has 6 heteroatoms. The van der Waals surface area contributed by atoms with E-state index in [0.29, 0.717) is 5.55 Å². The Labute approximate surface area is 339 Å². The molecule has 0 bridgehead atoms. The first-order valence-electron chi connectivity index (χ1n) is 19.6. The number of aromatic nitrogens is 1. The van der Waals surface area contributed by atoms with Gasteiger partial charge in [-0.3, -0.25) is 4.57 Å². The molecule has 0 saturated carbocycles. The first-order valence-corrected chi connectivity index (χ1v) is 21.2. The van der Waals surface area contributed by atoms with Crippen LogP contribution in [0.2, 0.25) is 0 Å². The highest BCUT2D eigenvalue weighted by atomic mass is 32.1. The van der Waals surface area contributed by atoms with E-state index in [4.69, 9.17) is 9.41 Å². The van der Waals surface area contributed by atoms with Crippen molar-refractivity contribution in [1.29, 1.82) is 0 Å². The summed E-state index contributed by atoms with van der Waals surface area (Å²) in [5.41, 5.74) is 7.47. The van der Waals surface area contributed by atoms with Gasteiger partial charge in [-0.25, -0.2) is 4.99 Å². The molecule has 1 atom stereocenters. The van der Waals surface area contributed by atoms with E-state index >= 15 is 0 Å². The van der Waals surface area contributed by atoms with Gasteiger partial charge < -0.3 is 9.73 Å². The SMILES string of the molecule is c1ccc(-c2ccc(C3N=c4oc5ccccc5c4=C(n4c5ccccc5c5c6ccc(-c7cccc8ccccc78)cc6c6c7ccccc7sc6c54)N3)s2)cc1. The zero-order valence-corrected chi connectivity index (χ0v) is 32.6. The molecule has 0 aliphatic carbocycles. The molecule has 1 unspecified atom stereocenters. The van der Waals surface area contributed by atoms with Crippen molar-refractivity contribution in [3.05, 3.63) is 192 Å². The van der Waals surface area contributed by atoms with Crippen LogP contribution >= 0.6 is 22.7 Å². The van der Waals surface area contributed by atoms with Crippen molar-refractivity contribution < 1.29 is 4.42 Å². The fraction of sp³-hybridized carbons (Fsp3) is 0.0192. The third-order valence-electron chi connectivity index (χ3n) is 11.9. The van der Waals surface area contributed by atoms with Gasteiger partial charge in [-0.15, -0.1) is 22.7 Å². The van der Waals surface area contributed by atoms with Gasteiger partial charge in [-0.1, -0.05) is 140 Å².